The normalized spacial score (nSPS) is 25.7. The third-order valence-corrected chi connectivity index (χ3v) is 6.55. The van der Waals surface area contributed by atoms with Crippen LogP contribution in [-0.4, -0.2) is 64.8 Å². The van der Waals surface area contributed by atoms with Crippen LogP contribution in [0.2, 0.25) is 0 Å². The summed E-state index contributed by atoms with van der Waals surface area (Å²) in [4.78, 5) is 43.0. The molecule has 1 atom stereocenters. The van der Waals surface area contributed by atoms with E-state index in [4.69, 9.17) is 0 Å². The Balaban J connectivity index is 1.43. The molecular formula is C17H21N3O3S. The maximum Gasteiger partial charge on any atom is 0.327 e. The van der Waals surface area contributed by atoms with Crippen molar-refractivity contribution in [3.05, 3.63) is 22.4 Å². The molecule has 1 unspecified atom stereocenters. The summed E-state index contributed by atoms with van der Waals surface area (Å²) < 4.78 is 0. The predicted octanol–water partition coefficient (Wildman–Crippen LogP) is 2.03. The van der Waals surface area contributed by atoms with Crippen LogP contribution in [0.25, 0.3) is 0 Å². The van der Waals surface area contributed by atoms with Gasteiger partial charge in [-0.05, 0) is 43.0 Å². The number of hydrogen-bond acceptors (Lipinski definition) is 4. The first kappa shape index (κ1) is 15.6. The van der Waals surface area contributed by atoms with Crippen LogP contribution in [0.1, 0.15) is 35.9 Å². The first-order valence-corrected chi connectivity index (χ1v) is 9.37. The summed E-state index contributed by atoms with van der Waals surface area (Å²) in [5.74, 6) is 0.0547. The van der Waals surface area contributed by atoms with Crippen LogP contribution in [0.3, 0.4) is 0 Å². The van der Waals surface area contributed by atoms with Gasteiger partial charge in [-0.1, -0.05) is 6.07 Å². The van der Waals surface area contributed by atoms with Gasteiger partial charge in [-0.3, -0.25) is 14.5 Å². The van der Waals surface area contributed by atoms with Crippen molar-refractivity contribution >= 4 is 29.2 Å². The smallest absolute Gasteiger partial charge is 0.327 e. The molecule has 4 amide bonds. The fourth-order valence-electron chi connectivity index (χ4n) is 4.30. The van der Waals surface area contributed by atoms with E-state index in [1.165, 1.54) is 16.2 Å². The Morgan fingerprint density at radius 1 is 1.33 bits per heavy atom. The van der Waals surface area contributed by atoms with E-state index < -0.39 is 0 Å². The number of carbonyl (C=O) groups excluding carboxylic acids is 3. The molecule has 3 aliphatic rings. The van der Waals surface area contributed by atoms with Gasteiger partial charge in [0.2, 0.25) is 0 Å². The molecule has 0 aliphatic carbocycles. The number of amides is 4. The average molecular weight is 347 g/mol. The lowest BCUT2D eigenvalue weighted by atomic mass is 9.76. The van der Waals surface area contributed by atoms with Gasteiger partial charge in [0.15, 0.2) is 0 Å². The number of imide groups is 1. The summed E-state index contributed by atoms with van der Waals surface area (Å²) in [6.07, 6.45) is 2.47. The van der Waals surface area contributed by atoms with Crippen molar-refractivity contribution in [1.29, 1.82) is 0 Å². The zero-order chi connectivity index (χ0) is 16.9. The number of thiophene rings is 1. The molecule has 6 nitrogen and oxygen atoms in total. The zero-order valence-corrected chi connectivity index (χ0v) is 14.6. The molecule has 1 aromatic rings. The number of urea groups is 1. The molecule has 1 aromatic heterocycles. The molecule has 1 spiro atoms. The summed E-state index contributed by atoms with van der Waals surface area (Å²) >= 11 is 1.47. The largest absolute Gasteiger partial charge is 0.338 e. The molecule has 4 heterocycles. The first-order valence-electron chi connectivity index (χ1n) is 8.49. The Bertz CT molecular complexity index is 653. The quantitative estimate of drug-likeness (QED) is 0.769. The number of fused-ring (bicyclic) bond motifs is 1. The minimum absolute atomic E-state index is 0.00203. The molecule has 4 rings (SSSR count). The second kappa shape index (κ2) is 5.58. The van der Waals surface area contributed by atoms with Gasteiger partial charge in [0, 0.05) is 26.2 Å². The number of piperidine rings is 1. The van der Waals surface area contributed by atoms with Crippen LogP contribution in [0.15, 0.2) is 17.5 Å². The fourth-order valence-corrected chi connectivity index (χ4v) is 4.99. The van der Waals surface area contributed by atoms with E-state index in [2.05, 4.69) is 0 Å². The first-order chi connectivity index (χ1) is 11.5. The van der Waals surface area contributed by atoms with Gasteiger partial charge in [0.1, 0.15) is 6.04 Å². The van der Waals surface area contributed by atoms with Gasteiger partial charge >= 0.3 is 6.03 Å². The summed E-state index contributed by atoms with van der Waals surface area (Å²) in [6, 6.07) is 3.34. The van der Waals surface area contributed by atoms with Crippen molar-refractivity contribution in [2.75, 3.05) is 26.2 Å². The van der Waals surface area contributed by atoms with Crippen molar-refractivity contribution < 1.29 is 14.4 Å². The molecule has 0 N–H and O–H groups in total. The number of likely N-dealkylation sites (N-methyl/N-ethyl adjacent to an activating group) is 1. The van der Waals surface area contributed by atoms with Gasteiger partial charge in [0.05, 0.1) is 4.88 Å². The standard InChI is InChI=1S/C17H21N3O3S/c1-2-19-14(21)12-10-17(11-20(12)16(19)23)5-7-18(8-6-17)15(22)13-4-3-9-24-13/h3-4,9,12H,2,5-8,10-11H2,1H3. The molecule has 0 aromatic carbocycles. The molecular weight excluding hydrogens is 326 g/mol. The number of rotatable bonds is 2. The summed E-state index contributed by atoms with van der Waals surface area (Å²) in [6.45, 7) is 4.34. The predicted molar refractivity (Wildman–Crippen MR) is 89.8 cm³/mol. The van der Waals surface area contributed by atoms with Crippen LogP contribution in [0, 0.1) is 5.41 Å². The Kier molecular flexibility index (Phi) is 3.63. The summed E-state index contributed by atoms with van der Waals surface area (Å²) in [7, 11) is 0. The highest BCUT2D eigenvalue weighted by Gasteiger charge is 2.56. The minimum Gasteiger partial charge on any atom is -0.338 e. The van der Waals surface area contributed by atoms with E-state index >= 15 is 0 Å². The molecule has 3 saturated heterocycles. The van der Waals surface area contributed by atoms with E-state index in [-0.39, 0.29) is 29.3 Å². The fraction of sp³-hybridized carbons (Fsp3) is 0.588. The SMILES string of the molecule is CCN1C(=O)C2CC3(CCN(C(=O)c4cccs4)CC3)CN2C1=O. The van der Waals surface area contributed by atoms with Crippen LogP contribution in [0.5, 0.6) is 0 Å². The number of likely N-dealkylation sites (tertiary alicyclic amines) is 1. The highest BCUT2D eigenvalue weighted by Crippen LogP contribution is 2.46. The van der Waals surface area contributed by atoms with Gasteiger partial charge in [-0.25, -0.2) is 4.79 Å². The van der Waals surface area contributed by atoms with Gasteiger partial charge in [-0.2, -0.15) is 0 Å². The van der Waals surface area contributed by atoms with Crippen LogP contribution >= 0.6 is 11.3 Å². The third kappa shape index (κ3) is 2.25. The van der Waals surface area contributed by atoms with E-state index in [0.717, 1.165) is 24.1 Å². The molecule has 3 aliphatic heterocycles. The van der Waals surface area contributed by atoms with Gasteiger partial charge in [-0.15, -0.1) is 11.3 Å². The highest BCUT2D eigenvalue weighted by molar-refractivity contribution is 7.12. The van der Waals surface area contributed by atoms with Crippen LogP contribution in [-0.2, 0) is 4.79 Å². The lowest BCUT2D eigenvalue weighted by Crippen LogP contribution is -2.45. The minimum atomic E-state index is -0.281. The topological polar surface area (TPSA) is 60.9 Å². The zero-order valence-electron chi connectivity index (χ0n) is 13.7. The van der Waals surface area contributed by atoms with Crippen molar-refractivity contribution in [1.82, 2.24) is 14.7 Å². The highest BCUT2D eigenvalue weighted by atomic mass is 32.1. The van der Waals surface area contributed by atoms with E-state index in [0.29, 0.717) is 26.2 Å². The summed E-state index contributed by atoms with van der Waals surface area (Å²) in [5, 5.41) is 1.92. The third-order valence-electron chi connectivity index (χ3n) is 5.70. The molecule has 24 heavy (non-hydrogen) atoms. The number of carbonyl (C=O) groups is 3. The molecule has 0 bridgehead atoms. The van der Waals surface area contributed by atoms with Gasteiger partial charge < -0.3 is 9.80 Å². The van der Waals surface area contributed by atoms with Crippen LogP contribution < -0.4 is 0 Å². The van der Waals surface area contributed by atoms with E-state index in [1.807, 2.05) is 29.3 Å². The molecule has 7 heteroatoms. The lowest BCUT2D eigenvalue weighted by Gasteiger charge is -2.39. The second-order valence-electron chi connectivity index (χ2n) is 6.98. The molecule has 3 fully saturated rings. The monoisotopic (exact) mass is 347 g/mol. The van der Waals surface area contributed by atoms with E-state index in [9.17, 15) is 14.4 Å². The van der Waals surface area contributed by atoms with Gasteiger partial charge in [0.25, 0.3) is 11.8 Å². The molecule has 0 saturated carbocycles. The van der Waals surface area contributed by atoms with Crippen molar-refractivity contribution in [3.63, 3.8) is 0 Å². The molecule has 0 radical (unpaired) electrons. The summed E-state index contributed by atoms with van der Waals surface area (Å²) in [5.41, 5.74) is 0.00203. The maximum atomic E-state index is 12.5. The maximum absolute atomic E-state index is 12.5. The Labute approximate surface area is 145 Å². The van der Waals surface area contributed by atoms with Crippen LogP contribution in [0.4, 0.5) is 4.79 Å². The second-order valence-corrected chi connectivity index (χ2v) is 7.93. The van der Waals surface area contributed by atoms with E-state index in [1.54, 1.807) is 4.90 Å². The Morgan fingerprint density at radius 2 is 2.08 bits per heavy atom. The number of nitrogens with zero attached hydrogens (tertiary/aromatic N) is 3. The Hall–Kier alpha value is -1.89. The van der Waals surface area contributed by atoms with Crippen molar-refractivity contribution in [3.8, 4) is 0 Å². The average Bonchev–Trinajstić information content (AvgIpc) is 3.27. The van der Waals surface area contributed by atoms with Crippen molar-refractivity contribution in [2.24, 2.45) is 5.41 Å². The number of hydrogen-bond donors (Lipinski definition) is 0. The van der Waals surface area contributed by atoms with Crippen molar-refractivity contribution in [2.45, 2.75) is 32.2 Å². The molecule has 128 valence electrons. The Morgan fingerprint density at radius 3 is 2.67 bits per heavy atom. The lowest BCUT2D eigenvalue weighted by molar-refractivity contribution is -0.128.